The predicted molar refractivity (Wildman–Crippen MR) is 80.9 cm³/mol. The van der Waals surface area contributed by atoms with Crippen LogP contribution < -0.4 is 5.32 Å². The van der Waals surface area contributed by atoms with Gasteiger partial charge in [-0.25, -0.2) is 4.79 Å². The molecule has 1 aliphatic heterocycles. The Morgan fingerprint density at radius 2 is 2.10 bits per heavy atom. The van der Waals surface area contributed by atoms with Gasteiger partial charge in [-0.1, -0.05) is 34.1 Å². The lowest BCUT2D eigenvalue weighted by molar-refractivity contribution is 0.156. The molecule has 1 fully saturated rings. The van der Waals surface area contributed by atoms with Gasteiger partial charge in [-0.15, -0.1) is 0 Å². The van der Waals surface area contributed by atoms with E-state index in [1.807, 2.05) is 31.2 Å². The van der Waals surface area contributed by atoms with Crippen molar-refractivity contribution in [1.82, 2.24) is 10.2 Å². The van der Waals surface area contributed by atoms with Crippen molar-refractivity contribution in [2.75, 3.05) is 13.1 Å². The third kappa shape index (κ3) is 3.51. The Hall–Kier alpha value is -1.54. The van der Waals surface area contributed by atoms with Crippen LogP contribution in [0.5, 0.6) is 0 Å². The fourth-order valence-electron chi connectivity index (χ4n) is 2.24. The van der Waals surface area contributed by atoms with Gasteiger partial charge >= 0.3 is 6.03 Å². The van der Waals surface area contributed by atoms with Crippen LogP contribution in [0.2, 0.25) is 0 Å². The SMILES string of the molecule is CC1(C#N)CCN(C(=O)NCc2ccccc2Br)CC1. The molecule has 2 rings (SSSR count). The molecule has 0 saturated carbocycles. The monoisotopic (exact) mass is 335 g/mol. The smallest absolute Gasteiger partial charge is 0.317 e. The van der Waals surface area contributed by atoms with Crippen LogP contribution in [0.3, 0.4) is 0 Å². The fourth-order valence-corrected chi connectivity index (χ4v) is 2.66. The molecule has 0 bridgehead atoms. The van der Waals surface area contributed by atoms with Crippen LogP contribution in [-0.4, -0.2) is 24.0 Å². The molecular formula is C15H18BrN3O. The zero-order valence-electron chi connectivity index (χ0n) is 11.5. The first-order valence-corrected chi connectivity index (χ1v) is 7.51. The third-order valence-corrected chi connectivity index (χ3v) is 4.59. The van der Waals surface area contributed by atoms with Crippen molar-refractivity contribution in [3.05, 3.63) is 34.3 Å². The highest BCUT2D eigenvalue weighted by Crippen LogP contribution is 2.29. The first-order valence-electron chi connectivity index (χ1n) is 6.71. The first kappa shape index (κ1) is 14.9. The molecule has 0 radical (unpaired) electrons. The summed E-state index contributed by atoms with van der Waals surface area (Å²) in [7, 11) is 0. The second-order valence-corrected chi connectivity index (χ2v) is 6.26. The van der Waals surface area contributed by atoms with Crippen molar-refractivity contribution in [2.45, 2.75) is 26.3 Å². The van der Waals surface area contributed by atoms with Gasteiger partial charge in [0.15, 0.2) is 0 Å². The Bertz CT molecular complexity index is 530. The molecule has 0 unspecified atom stereocenters. The average Bonchev–Trinajstić information content (AvgIpc) is 2.47. The lowest BCUT2D eigenvalue weighted by Crippen LogP contribution is -2.46. The maximum atomic E-state index is 12.1. The van der Waals surface area contributed by atoms with Gasteiger partial charge in [0.05, 0.1) is 11.5 Å². The average molecular weight is 336 g/mol. The molecule has 1 aliphatic rings. The van der Waals surface area contributed by atoms with Crippen molar-refractivity contribution in [3.63, 3.8) is 0 Å². The second-order valence-electron chi connectivity index (χ2n) is 5.41. The minimum absolute atomic E-state index is 0.0549. The molecule has 0 aliphatic carbocycles. The van der Waals surface area contributed by atoms with Crippen molar-refractivity contribution in [1.29, 1.82) is 5.26 Å². The number of hydrogen-bond acceptors (Lipinski definition) is 2. The summed E-state index contributed by atoms with van der Waals surface area (Å²) in [6, 6.07) is 10.1. The van der Waals surface area contributed by atoms with Gasteiger partial charge in [-0.2, -0.15) is 5.26 Å². The topological polar surface area (TPSA) is 56.1 Å². The molecule has 20 heavy (non-hydrogen) atoms. The molecule has 0 atom stereocenters. The summed E-state index contributed by atoms with van der Waals surface area (Å²) in [6.07, 6.45) is 1.48. The number of halogens is 1. The summed E-state index contributed by atoms with van der Waals surface area (Å²) >= 11 is 3.47. The highest BCUT2D eigenvalue weighted by molar-refractivity contribution is 9.10. The van der Waals surface area contributed by atoms with Crippen LogP contribution in [0.4, 0.5) is 4.79 Å². The van der Waals surface area contributed by atoms with E-state index in [4.69, 9.17) is 5.26 Å². The molecule has 106 valence electrons. The quantitative estimate of drug-likeness (QED) is 0.901. The number of urea groups is 1. The number of nitrogens with one attached hydrogen (secondary N) is 1. The molecule has 1 N–H and O–H groups in total. The molecule has 4 nitrogen and oxygen atoms in total. The van der Waals surface area contributed by atoms with Crippen molar-refractivity contribution < 1.29 is 4.79 Å². The van der Waals surface area contributed by atoms with Crippen LogP contribution in [0.15, 0.2) is 28.7 Å². The van der Waals surface area contributed by atoms with Gasteiger partial charge in [-0.05, 0) is 31.4 Å². The summed E-state index contributed by atoms with van der Waals surface area (Å²) < 4.78 is 0.996. The molecule has 1 heterocycles. The number of nitriles is 1. The number of nitrogens with zero attached hydrogens (tertiary/aromatic N) is 2. The zero-order valence-corrected chi connectivity index (χ0v) is 13.1. The number of likely N-dealkylation sites (tertiary alicyclic amines) is 1. The van der Waals surface area contributed by atoms with Gasteiger partial charge in [0.25, 0.3) is 0 Å². The van der Waals surface area contributed by atoms with Gasteiger partial charge < -0.3 is 10.2 Å². The van der Waals surface area contributed by atoms with Gasteiger partial charge in [-0.3, -0.25) is 0 Å². The standard InChI is InChI=1S/C15H18BrN3O/c1-15(11-17)6-8-19(9-7-15)14(20)18-10-12-4-2-3-5-13(12)16/h2-5H,6-10H2,1H3,(H,18,20). The Morgan fingerprint density at radius 3 is 2.70 bits per heavy atom. The molecule has 1 aromatic rings. The van der Waals surface area contributed by atoms with Crippen molar-refractivity contribution in [2.24, 2.45) is 5.41 Å². The lowest BCUT2D eigenvalue weighted by Gasteiger charge is -2.34. The summed E-state index contributed by atoms with van der Waals surface area (Å²) in [5.41, 5.74) is 0.777. The maximum Gasteiger partial charge on any atom is 0.317 e. The van der Waals surface area contributed by atoms with E-state index >= 15 is 0 Å². The van der Waals surface area contributed by atoms with Crippen LogP contribution >= 0.6 is 15.9 Å². The fraction of sp³-hybridized carbons (Fsp3) is 0.467. The molecule has 1 aromatic carbocycles. The van der Waals surface area contributed by atoms with E-state index < -0.39 is 0 Å². The minimum Gasteiger partial charge on any atom is -0.334 e. The van der Waals surface area contributed by atoms with E-state index in [9.17, 15) is 4.79 Å². The predicted octanol–water partition coefficient (Wildman–Crippen LogP) is 3.28. The number of carbonyl (C=O) groups is 1. The highest BCUT2D eigenvalue weighted by Gasteiger charge is 2.31. The van der Waals surface area contributed by atoms with Crippen molar-refractivity contribution >= 4 is 22.0 Å². The van der Waals surface area contributed by atoms with Gasteiger partial charge in [0.1, 0.15) is 0 Å². The zero-order chi connectivity index (χ0) is 14.6. The largest absolute Gasteiger partial charge is 0.334 e. The van der Waals surface area contributed by atoms with E-state index in [-0.39, 0.29) is 11.4 Å². The van der Waals surface area contributed by atoms with Crippen LogP contribution in [0.1, 0.15) is 25.3 Å². The molecule has 0 aromatic heterocycles. The van der Waals surface area contributed by atoms with E-state index in [0.29, 0.717) is 19.6 Å². The van der Waals surface area contributed by atoms with Crippen molar-refractivity contribution in [3.8, 4) is 6.07 Å². The number of benzene rings is 1. The Balaban J connectivity index is 1.85. The molecule has 2 amide bonds. The van der Waals surface area contributed by atoms with E-state index in [1.54, 1.807) is 4.90 Å². The van der Waals surface area contributed by atoms with E-state index in [1.165, 1.54) is 0 Å². The van der Waals surface area contributed by atoms with E-state index in [0.717, 1.165) is 22.9 Å². The Kier molecular flexibility index (Phi) is 4.66. The van der Waals surface area contributed by atoms with Crippen LogP contribution in [0.25, 0.3) is 0 Å². The molecule has 5 heteroatoms. The van der Waals surface area contributed by atoms with Crippen LogP contribution in [0, 0.1) is 16.7 Å². The Morgan fingerprint density at radius 1 is 1.45 bits per heavy atom. The van der Waals surface area contributed by atoms with Gasteiger partial charge in [0.2, 0.25) is 0 Å². The Labute approximate surface area is 127 Å². The lowest BCUT2D eigenvalue weighted by atomic mass is 9.82. The number of rotatable bonds is 2. The minimum atomic E-state index is -0.279. The third-order valence-electron chi connectivity index (χ3n) is 3.81. The summed E-state index contributed by atoms with van der Waals surface area (Å²) in [4.78, 5) is 13.9. The summed E-state index contributed by atoms with van der Waals surface area (Å²) in [6.45, 7) is 3.76. The second kappa shape index (κ2) is 6.27. The molecule has 0 spiro atoms. The van der Waals surface area contributed by atoms with E-state index in [2.05, 4.69) is 27.3 Å². The first-order chi connectivity index (χ1) is 9.54. The molecular weight excluding hydrogens is 318 g/mol. The van der Waals surface area contributed by atoms with Gasteiger partial charge in [0, 0.05) is 24.1 Å². The summed E-state index contributed by atoms with van der Waals surface area (Å²) in [5, 5.41) is 12.0. The summed E-state index contributed by atoms with van der Waals surface area (Å²) in [5.74, 6) is 0. The number of piperidine rings is 1. The number of hydrogen-bond donors (Lipinski definition) is 1. The normalized spacial score (nSPS) is 17.4. The van der Waals surface area contributed by atoms with Crippen LogP contribution in [-0.2, 0) is 6.54 Å². The number of amides is 2. The highest BCUT2D eigenvalue weighted by atomic mass is 79.9. The maximum absolute atomic E-state index is 12.1. The number of carbonyl (C=O) groups excluding carboxylic acids is 1. The molecule has 1 saturated heterocycles.